The molecule has 1 atom stereocenters. The number of carbonyl (C=O) groups is 1. The van der Waals surface area contributed by atoms with Crippen LogP contribution in [0.1, 0.15) is 37.3 Å². The van der Waals surface area contributed by atoms with E-state index in [-0.39, 0.29) is 17.9 Å². The Morgan fingerprint density at radius 2 is 1.43 bits per heavy atom. The predicted molar refractivity (Wildman–Crippen MR) is 124 cm³/mol. The zero-order valence-electron chi connectivity index (χ0n) is 17.2. The van der Waals surface area contributed by atoms with E-state index in [0.717, 1.165) is 48.3 Å². The molecular formula is C26H29N3O. The normalized spacial score (nSPS) is 14.9. The highest BCUT2D eigenvalue weighted by Gasteiger charge is 2.26. The summed E-state index contributed by atoms with van der Waals surface area (Å²) in [7, 11) is 0. The molecule has 1 aliphatic rings. The molecule has 1 saturated carbocycles. The Hall–Kier alpha value is -3.27. The predicted octanol–water partition coefficient (Wildman–Crippen LogP) is 5.45. The van der Waals surface area contributed by atoms with E-state index in [9.17, 15) is 4.79 Å². The van der Waals surface area contributed by atoms with Gasteiger partial charge in [-0.05, 0) is 54.8 Å². The average molecular weight is 400 g/mol. The molecule has 3 aromatic carbocycles. The summed E-state index contributed by atoms with van der Waals surface area (Å²) in [6, 6.07) is 28.6. The Morgan fingerprint density at radius 3 is 2.07 bits per heavy atom. The number of rotatable bonds is 7. The summed E-state index contributed by atoms with van der Waals surface area (Å²) in [6.07, 6.45) is 4.31. The first-order chi connectivity index (χ1) is 14.7. The highest BCUT2D eigenvalue weighted by Crippen LogP contribution is 2.35. The average Bonchev–Trinajstić information content (AvgIpc) is 3.34. The molecule has 3 aromatic rings. The fourth-order valence-electron chi connectivity index (χ4n) is 4.30. The summed E-state index contributed by atoms with van der Waals surface area (Å²) < 4.78 is 0. The molecule has 0 radical (unpaired) electrons. The number of nitrogens with one attached hydrogen (secondary N) is 1. The van der Waals surface area contributed by atoms with Crippen LogP contribution in [0.15, 0.2) is 84.9 Å². The Bertz CT molecular complexity index is 935. The molecular weight excluding hydrogens is 370 g/mol. The minimum atomic E-state index is -0.0393. The zero-order valence-corrected chi connectivity index (χ0v) is 17.2. The Kier molecular flexibility index (Phi) is 6.33. The van der Waals surface area contributed by atoms with Gasteiger partial charge in [0.2, 0.25) is 5.91 Å². The molecule has 1 amide bonds. The van der Waals surface area contributed by atoms with Gasteiger partial charge in [0.15, 0.2) is 0 Å². The van der Waals surface area contributed by atoms with E-state index in [1.165, 1.54) is 0 Å². The highest BCUT2D eigenvalue weighted by molar-refractivity contribution is 5.79. The van der Waals surface area contributed by atoms with Crippen LogP contribution in [0.3, 0.4) is 0 Å². The fraction of sp³-hybridized carbons (Fsp3) is 0.269. The van der Waals surface area contributed by atoms with Crippen molar-refractivity contribution >= 4 is 23.0 Å². The van der Waals surface area contributed by atoms with E-state index in [4.69, 9.17) is 5.73 Å². The van der Waals surface area contributed by atoms with Gasteiger partial charge in [-0.2, -0.15) is 0 Å². The van der Waals surface area contributed by atoms with E-state index < -0.39 is 0 Å². The maximum absolute atomic E-state index is 12.8. The lowest BCUT2D eigenvalue weighted by atomic mass is 10.0. The molecule has 30 heavy (non-hydrogen) atoms. The third-order valence-electron chi connectivity index (χ3n) is 5.90. The van der Waals surface area contributed by atoms with Gasteiger partial charge in [-0.3, -0.25) is 4.79 Å². The highest BCUT2D eigenvalue weighted by atomic mass is 16.1. The first-order valence-electron chi connectivity index (χ1n) is 10.7. The molecule has 154 valence electrons. The van der Waals surface area contributed by atoms with Crippen molar-refractivity contribution in [1.82, 2.24) is 5.32 Å². The van der Waals surface area contributed by atoms with E-state index in [2.05, 4.69) is 34.5 Å². The molecule has 3 N–H and O–H groups in total. The van der Waals surface area contributed by atoms with Crippen molar-refractivity contribution in [3.63, 3.8) is 0 Å². The molecule has 0 aliphatic heterocycles. The molecule has 4 nitrogen and oxygen atoms in total. The van der Waals surface area contributed by atoms with Gasteiger partial charge in [-0.25, -0.2) is 0 Å². The number of anilines is 3. The van der Waals surface area contributed by atoms with Gasteiger partial charge in [0.25, 0.3) is 0 Å². The summed E-state index contributed by atoms with van der Waals surface area (Å²) in [5.74, 6) is 0.335. The Balaban J connectivity index is 1.69. The van der Waals surface area contributed by atoms with Gasteiger partial charge >= 0.3 is 0 Å². The first-order valence-corrected chi connectivity index (χ1v) is 10.7. The minimum Gasteiger partial charge on any atom is -0.399 e. The van der Waals surface area contributed by atoms with Crippen LogP contribution in [-0.2, 0) is 4.79 Å². The summed E-state index contributed by atoms with van der Waals surface area (Å²) >= 11 is 0. The maximum atomic E-state index is 12.8. The quantitative estimate of drug-likeness (QED) is 0.519. The standard InChI is InChI=1S/C26H29N3O/c27-22-15-17-24(18-16-22)29(23-13-5-2-6-14-23)25(20-9-3-1-4-10-20)19-28-26(30)21-11-7-8-12-21/h1-6,9-10,13-18,21,25H,7-8,11-12,19,27H2,(H,28,30). The van der Waals surface area contributed by atoms with Crippen LogP contribution in [0.4, 0.5) is 17.1 Å². The number of nitrogen functional groups attached to an aromatic ring is 1. The monoisotopic (exact) mass is 399 g/mol. The molecule has 0 bridgehead atoms. The van der Waals surface area contributed by atoms with Crippen molar-refractivity contribution in [2.45, 2.75) is 31.7 Å². The lowest BCUT2D eigenvalue weighted by Gasteiger charge is -2.35. The van der Waals surface area contributed by atoms with Gasteiger partial charge in [-0.15, -0.1) is 0 Å². The van der Waals surface area contributed by atoms with E-state index >= 15 is 0 Å². The third-order valence-corrected chi connectivity index (χ3v) is 5.90. The van der Waals surface area contributed by atoms with Crippen molar-refractivity contribution in [3.05, 3.63) is 90.5 Å². The molecule has 1 aliphatic carbocycles. The van der Waals surface area contributed by atoms with E-state index in [1.54, 1.807) is 0 Å². The number of hydrogen-bond donors (Lipinski definition) is 2. The molecule has 0 saturated heterocycles. The summed E-state index contributed by atoms with van der Waals surface area (Å²) in [5, 5.41) is 3.25. The van der Waals surface area contributed by atoms with Gasteiger partial charge in [-0.1, -0.05) is 61.4 Å². The molecule has 1 fully saturated rings. The van der Waals surface area contributed by atoms with Crippen molar-refractivity contribution in [1.29, 1.82) is 0 Å². The third kappa shape index (κ3) is 4.65. The summed E-state index contributed by atoms with van der Waals surface area (Å²) in [5.41, 5.74) is 9.95. The van der Waals surface area contributed by atoms with Gasteiger partial charge < -0.3 is 16.0 Å². The number of hydrogen-bond acceptors (Lipinski definition) is 3. The minimum absolute atomic E-state index is 0.0393. The summed E-state index contributed by atoms with van der Waals surface area (Å²) in [4.78, 5) is 15.1. The molecule has 4 rings (SSSR count). The Morgan fingerprint density at radius 1 is 0.867 bits per heavy atom. The molecule has 0 aromatic heterocycles. The number of para-hydroxylation sites is 1. The lowest BCUT2D eigenvalue weighted by molar-refractivity contribution is -0.124. The number of carbonyl (C=O) groups excluding carboxylic acids is 1. The van der Waals surface area contributed by atoms with E-state index in [1.807, 2.05) is 60.7 Å². The first kappa shape index (κ1) is 20.0. The van der Waals surface area contributed by atoms with Gasteiger partial charge in [0, 0.05) is 29.5 Å². The lowest BCUT2D eigenvalue weighted by Crippen LogP contribution is -2.38. The van der Waals surface area contributed by atoms with E-state index in [0.29, 0.717) is 6.54 Å². The second-order valence-corrected chi connectivity index (χ2v) is 7.95. The topological polar surface area (TPSA) is 58.4 Å². The van der Waals surface area contributed by atoms with Crippen LogP contribution in [0.5, 0.6) is 0 Å². The summed E-state index contributed by atoms with van der Waals surface area (Å²) in [6.45, 7) is 0.540. The zero-order chi connectivity index (χ0) is 20.8. The van der Waals surface area contributed by atoms with Gasteiger partial charge in [0.05, 0.1) is 6.04 Å². The van der Waals surface area contributed by atoms with Crippen LogP contribution in [-0.4, -0.2) is 12.5 Å². The van der Waals surface area contributed by atoms with Crippen molar-refractivity contribution in [2.75, 3.05) is 17.2 Å². The number of amides is 1. The van der Waals surface area contributed by atoms with Crippen molar-refractivity contribution < 1.29 is 4.79 Å². The van der Waals surface area contributed by atoms with Crippen molar-refractivity contribution in [2.24, 2.45) is 5.92 Å². The van der Waals surface area contributed by atoms with Gasteiger partial charge in [0.1, 0.15) is 0 Å². The van der Waals surface area contributed by atoms with Crippen LogP contribution in [0, 0.1) is 5.92 Å². The second kappa shape index (κ2) is 9.49. The number of benzene rings is 3. The largest absolute Gasteiger partial charge is 0.399 e. The number of nitrogens with two attached hydrogens (primary N) is 1. The maximum Gasteiger partial charge on any atom is 0.223 e. The molecule has 0 spiro atoms. The molecule has 0 heterocycles. The smallest absolute Gasteiger partial charge is 0.223 e. The number of nitrogens with zero attached hydrogens (tertiary/aromatic N) is 1. The molecule has 4 heteroatoms. The molecule has 1 unspecified atom stereocenters. The second-order valence-electron chi connectivity index (χ2n) is 7.95. The van der Waals surface area contributed by atoms with Crippen LogP contribution >= 0.6 is 0 Å². The van der Waals surface area contributed by atoms with Crippen LogP contribution < -0.4 is 16.0 Å². The fourth-order valence-corrected chi connectivity index (χ4v) is 4.30. The van der Waals surface area contributed by atoms with Crippen LogP contribution in [0.25, 0.3) is 0 Å². The SMILES string of the molecule is Nc1ccc(N(c2ccccc2)C(CNC(=O)C2CCCC2)c2ccccc2)cc1. The van der Waals surface area contributed by atoms with Crippen LogP contribution in [0.2, 0.25) is 0 Å². The Labute approximate surface area is 178 Å². The van der Waals surface area contributed by atoms with Crippen molar-refractivity contribution in [3.8, 4) is 0 Å².